The monoisotopic (exact) mass is 217 g/mol. The van der Waals surface area contributed by atoms with Gasteiger partial charge in [-0.1, -0.05) is 12.1 Å². The molecule has 0 unspecified atom stereocenters. The van der Waals surface area contributed by atoms with Gasteiger partial charge in [-0.15, -0.1) is 0 Å². The minimum Gasteiger partial charge on any atom is -0.495 e. The third-order valence-electron chi connectivity index (χ3n) is 2.71. The van der Waals surface area contributed by atoms with Crippen LogP contribution in [0.3, 0.4) is 0 Å². The number of para-hydroxylation sites is 1. The lowest BCUT2D eigenvalue weighted by Gasteiger charge is -2.13. The Morgan fingerprint density at radius 3 is 2.69 bits per heavy atom. The summed E-state index contributed by atoms with van der Waals surface area (Å²) in [6.07, 6.45) is 0.888. The fourth-order valence-electron chi connectivity index (χ4n) is 2.08. The van der Waals surface area contributed by atoms with Crippen LogP contribution in [0, 0.1) is 0 Å². The minimum absolute atomic E-state index is 0.231. The molecule has 16 heavy (non-hydrogen) atoms. The summed E-state index contributed by atoms with van der Waals surface area (Å²) in [4.78, 5) is 11.0. The van der Waals surface area contributed by atoms with Crippen molar-refractivity contribution in [2.24, 2.45) is 0 Å². The first-order chi connectivity index (χ1) is 7.69. The van der Waals surface area contributed by atoms with Crippen LogP contribution >= 0.6 is 0 Å². The number of hydrogen-bond acceptors (Lipinski definition) is 2. The molecule has 84 valence electrons. The van der Waals surface area contributed by atoms with E-state index < -0.39 is 0 Å². The summed E-state index contributed by atoms with van der Waals surface area (Å²) in [6.45, 7) is 4.11. The molecular formula is C13H15NO2. The van der Waals surface area contributed by atoms with Crippen LogP contribution in [0.25, 0.3) is 10.9 Å². The Balaban J connectivity index is 2.85. The second-order valence-corrected chi connectivity index (χ2v) is 4.05. The first-order valence-corrected chi connectivity index (χ1v) is 5.32. The zero-order valence-electron chi connectivity index (χ0n) is 9.73. The third-order valence-corrected chi connectivity index (χ3v) is 2.71. The van der Waals surface area contributed by atoms with E-state index in [1.165, 1.54) is 0 Å². The second kappa shape index (κ2) is 4.00. The summed E-state index contributed by atoms with van der Waals surface area (Å²) in [5.74, 6) is 0.805. The minimum atomic E-state index is 0.231. The molecule has 0 aliphatic carbocycles. The third kappa shape index (κ3) is 1.48. The largest absolute Gasteiger partial charge is 0.495 e. The Morgan fingerprint density at radius 2 is 2.12 bits per heavy atom. The molecule has 0 aliphatic rings. The van der Waals surface area contributed by atoms with Gasteiger partial charge in [-0.3, -0.25) is 4.79 Å². The van der Waals surface area contributed by atoms with E-state index in [2.05, 4.69) is 13.8 Å². The molecule has 3 nitrogen and oxygen atoms in total. The maximum atomic E-state index is 11.0. The van der Waals surface area contributed by atoms with Crippen molar-refractivity contribution in [1.29, 1.82) is 0 Å². The van der Waals surface area contributed by atoms with Gasteiger partial charge in [-0.25, -0.2) is 0 Å². The van der Waals surface area contributed by atoms with Gasteiger partial charge in [0.05, 0.1) is 18.3 Å². The fraction of sp³-hybridized carbons (Fsp3) is 0.308. The number of aromatic nitrogens is 1. The number of aldehydes is 1. The standard InChI is InChI=1S/C13H15NO2/c1-9(2)14-11(8-15)7-10-5-4-6-12(16-3)13(10)14/h4-9H,1-3H3. The second-order valence-electron chi connectivity index (χ2n) is 4.05. The molecule has 0 atom stereocenters. The quantitative estimate of drug-likeness (QED) is 0.740. The van der Waals surface area contributed by atoms with Crippen LogP contribution in [0.2, 0.25) is 0 Å². The molecule has 0 N–H and O–H groups in total. The molecule has 1 aromatic heterocycles. The molecule has 0 aliphatic heterocycles. The number of carbonyl (C=O) groups excluding carboxylic acids is 1. The van der Waals surface area contributed by atoms with Gasteiger partial charge in [0, 0.05) is 11.4 Å². The molecule has 2 aromatic rings. The molecule has 0 fully saturated rings. The lowest BCUT2D eigenvalue weighted by Crippen LogP contribution is -2.05. The number of rotatable bonds is 3. The maximum absolute atomic E-state index is 11.0. The molecule has 0 amide bonds. The van der Waals surface area contributed by atoms with E-state index in [-0.39, 0.29) is 6.04 Å². The van der Waals surface area contributed by atoms with Gasteiger partial charge in [0.25, 0.3) is 0 Å². The summed E-state index contributed by atoms with van der Waals surface area (Å²) in [5.41, 5.74) is 1.68. The Kier molecular flexibility index (Phi) is 2.69. The van der Waals surface area contributed by atoms with Crippen LogP contribution in [0.5, 0.6) is 5.75 Å². The van der Waals surface area contributed by atoms with Crippen molar-refractivity contribution in [1.82, 2.24) is 4.57 Å². The van der Waals surface area contributed by atoms with Gasteiger partial charge in [-0.05, 0) is 26.0 Å². The highest BCUT2D eigenvalue weighted by molar-refractivity contribution is 5.92. The normalized spacial score (nSPS) is 11.0. The maximum Gasteiger partial charge on any atom is 0.166 e. The fourth-order valence-corrected chi connectivity index (χ4v) is 2.08. The highest BCUT2D eigenvalue weighted by Gasteiger charge is 2.14. The van der Waals surface area contributed by atoms with Gasteiger partial charge in [0.2, 0.25) is 0 Å². The van der Waals surface area contributed by atoms with Gasteiger partial charge < -0.3 is 9.30 Å². The lowest BCUT2D eigenvalue weighted by atomic mass is 10.2. The number of nitrogens with zero attached hydrogens (tertiary/aromatic N) is 1. The molecular weight excluding hydrogens is 202 g/mol. The van der Waals surface area contributed by atoms with E-state index in [4.69, 9.17) is 4.74 Å². The summed E-state index contributed by atoms with van der Waals surface area (Å²) in [7, 11) is 1.65. The molecule has 0 bridgehead atoms. The van der Waals surface area contributed by atoms with Crippen molar-refractivity contribution in [3.05, 3.63) is 30.0 Å². The molecule has 0 saturated carbocycles. The molecule has 3 heteroatoms. The Hall–Kier alpha value is -1.77. The summed E-state index contributed by atoms with van der Waals surface area (Å²) >= 11 is 0. The van der Waals surface area contributed by atoms with Crippen LogP contribution < -0.4 is 4.74 Å². The Bertz CT molecular complexity index is 526. The number of fused-ring (bicyclic) bond motifs is 1. The number of ether oxygens (including phenoxy) is 1. The zero-order chi connectivity index (χ0) is 11.7. The summed E-state index contributed by atoms with van der Waals surface area (Å²) < 4.78 is 7.34. The Labute approximate surface area is 94.6 Å². The van der Waals surface area contributed by atoms with Crippen molar-refractivity contribution in [3.8, 4) is 5.75 Å². The van der Waals surface area contributed by atoms with Gasteiger partial charge in [0.15, 0.2) is 6.29 Å². The zero-order valence-corrected chi connectivity index (χ0v) is 9.73. The summed E-state index contributed by atoms with van der Waals surface area (Å²) in [6, 6.07) is 7.96. The molecule has 1 aromatic carbocycles. The van der Waals surface area contributed by atoms with Crippen LogP contribution in [-0.4, -0.2) is 18.0 Å². The van der Waals surface area contributed by atoms with Crippen LogP contribution in [-0.2, 0) is 0 Å². The number of hydrogen-bond donors (Lipinski definition) is 0. The van der Waals surface area contributed by atoms with Crippen LogP contribution in [0.1, 0.15) is 30.4 Å². The van der Waals surface area contributed by atoms with E-state index >= 15 is 0 Å². The van der Waals surface area contributed by atoms with Crippen LogP contribution in [0.15, 0.2) is 24.3 Å². The SMILES string of the molecule is COc1cccc2cc(C=O)n(C(C)C)c12. The number of carbonyl (C=O) groups is 1. The van der Waals surface area contributed by atoms with E-state index in [9.17, 15) is 4.79 Å². The topological polar surface area (TPSA) is 31.2 Å². The average Bonchev–Trinajstić information content (AvgIpc) is 2.66. The Morgan fingerprint density at radius 1 is 1.38 bits per heavy atom. The predicted molar refractivity (Wildman–Crippen MR) is 64.3 cm³/mol. The van der Waals surface area contributed by atoms with E-state index in [0.29, 0.717) is 5.69 Å². The van der Waals surface area contributed by atoms with Gasteiger partial charge >= 0.3 is 0 Å². The van der Waals surface area contributed by atoms with E-state index in [1.807, 2.05) is 28.8 Å². The van der Waals surface area contributed by atoms with E-state index in [1.54, 1.807) is 7.11 Å². The number of methoxy groups -OCH3 is 1. The molecule has 1 heterocycles. The van der Waals surface area contributed by atoms with Crippen molar-refractivity contribution in [2.75, 3.05) is 7.11 Å². The van der Waals surface area contributed by atoms with Crippen molar-refractivity contribution >= 4 is 17.2 Å². The van der Waals surface area contributed by atoms with Crippen molar-refractivity contribution in [3.63, 3.8) is 0 Å². The summed E-state index contributed by atoms with van der Waals surface area (Å²) in [5, 5.41) is 1.04. The number of benzene rings is 1. The highest BCUT2D eigenvalue weighted by Crippen LogP contribution is 2.30. The predicted octanol–water partition coefficient (Wildman–Crippen LogP) is 3.04. The van der Waals surface area contributed by atoms with Gasteiger partial charge in [0.1, 0.15) is 5.75 Å². The molecule has 2 rings (SSSR count). The van der Waals surface area contributed by atoms with Gasteiger partial charge in [-0.2, -0.15) is 0 Å². The first kappa shape index (κ1) is 10.7. The lowest BCUT2D eigenvalue weighted by molar-refractivity contribution is 0.111. The average molecular weight is 217 g/mol. The van der Waals surface area contributed by atoms with Crippen molar-refractivity contribution < 1.29 is 9.53 Å². The molecule has 0 radical (unpaired) electrons. The highest BCUT2D eigenvalue weighted by atomic mass is 16.5. The molecule has 0 saturated heterocycles. The smallest absolute Gasteiger partial charge is 0.166 e. The van der Waals surface area contributed by atoms with Crippen LogP contribution in [0.4, 0.5) is 0 Å². The van der Waals surface area contributed by atoms with E-state index in [0.717, 1.165) is 22.9 Å². The molecule has 0 spiro atoms. The first-order valence-electron chi connectivity index (χ1n) is 5.32. The van der Waals surface area contributed by atoms with Crippen molar-refractivity contribution in [2.45, 2.75) is 19.9 Å².